The maximum Gasteiger partial charge on any atom is 0.263 e. The van der Waals surface area contributed by atoms with Gasteiger partial charge in [0.15, 0.2) is 11.5 Å². The minimum absolute atomic E-state index is 0.0137. The Morgan fingerprint density at radius 2 is 1.86 bits per heavy atom. The van der Waals surface area contributed by atoms with E-state index < -0.39 is 5.91 Å². The highest BCUT2D eigenvalue weighted by Crippen LogP contribution is 2.29. The Kier molecular flexibility index (Phi) is 7.92. The van der Waals surface area contributed by atoms with E-state index in [0.29, 0.717) is 18.0 Å². The van der Waals surface area contributed by atoms with Crippen LogP contribution in [0.3, 0.4) is 0 Å². The zero-order valence-corrected chi connectivity index (χ0v) is 17.0. The second kappa shape index (κ2) is 10.6. The van der Waals surface area contributed by atoms with E-state index in [1.165, 1.54) is 6.20 Å². The maximum atomic E-state index is 12.5. The van der Waals surface area contributed by atoms with E-state index in [-0.39, 0.29) is 11.6 Å². The van der Waals surface area contributed by atoms with Crippen molar-refractivity contribution in [1.82, 2.24) is 10.6 Å². The van der Waals surface area contributed by atoms with Crippen molar-refractivity contribution in [2.45, 2.75) is 19.5 Å². The van der Waals surface area contributed by atoms with Crippen LogP contribution in [0.1, 0.15) is 24.1 Å². The summed E-state index contributed by atoms with van der Waals surface area (Å²) in [5, 5.41) is 15.1. The summed E-state index contributed by atoms with van der Waals surface area (Å²) < 4.78 is 15.7. The van der Waals surface area contributed by atoms with Gasteiger partial charge in [-0.05, 0) is 42.3 Å². The monoisotopic (exact) mass is 395 g/mol. The van der Waals surface area contributed by atoms with E-state index in [1.807, 2.05) is 43.3 Å². The Morgan fingerprint density at radius 3 is 2.52 bits per heavy atom. The first-order valence-electron chi connectivity index (χ1n) is 9.01. The van der Waals surface area contributed by atoms with Crippen LogP contribution in [0.25, 0.3) is 0 Å². The first-order valence-corrected chi connectivity index (χ1v) is 9.01. The number of methoxy groups -OCH3 is 3. The van der Waals surface area contributed by atoms with Gasteiger partial charge in [0, 0.05) is 12.7 Å². The minimum Gasteiger partial charge on any atom is -0.497 e. The molecule has 2 aromatic carbocycles. The zero-order chi connectivity index (χ0) is 21.2. The second-order valence-electron chi connectivity index (χ2n) is 6.21. The van der Waals surface area contributed by atoms with Gasteiger partial charge >= 0.3 is 0 Å². The highest BCUT2D eigenvalue weighted by Gasteiger charge is 2.15. The minimum atomic E-state index is -0.465. The standard InChI is InChI=1S/C22H25N3O4/c1-15(17-8-9-20(28-3)21(11-17)29-4)25-22(26)18(12-23)14-24-13-16-6-5-7-19(10-16)27-2/h5-11,14-15,24H,13H2,1-4H3,(H,25,26)/b18-14-. The molecule has 0 aliphatic carbocycles. The summed E-state index contributed by atoms with van der Waals surface area (Å²) in [6, 6.07) is 14.5. The molecule has 0 bridgehead atoms. The molecule has 7 heteroatoms. The molecule has 0 heterocycles. The Hall–Kier alpha value is -3.66. The van der Waals surface area contributed by atoms with Crippen molar-refractivity contribution in [2.24, 2.45) is 0 Å². The van der Waals surface area contributed by atoms with E-state index in [1.54, 1.807) is 33.5 Å². The van der Waals surface area contributed by atoms with E-state index in [9.17, 15) is 10.1 Å². The van der Waals surface area contributed by atoms with Crippen molar-refractivity contribution in [2.75, 3.05) is 21.3 Å². The molecular weight excluding hydrogens is 370 g/mol. The lowest BCUT2D eigenvalue weighted by Gasteiger charge is -2.16. The van der Waals surface area contributed by atoms with Crippen LogP contribution in [0, 0.1) is 11.3 Å². The molecule has 7 nitrogen and oxygen atoms in total. The lowest BCUT2D eigenvalue weighted by Crippen LogP contribution is -2.28. The number of carbonyl (C=O) groups excluding carboxylic acids is 1. The van der Waals surface area contributed by atoms with Gasteiger partial charge in [0.05, 0.1) is 27.4 Å². The third kappa shape index (κ3) is 5.91. The number of hydrogen-bond acceptors (Lipinski definition) is 6. The number of amides is 1. The van der Waals surface area contributed by atoms with Gasteiger partial charge in [0.2, 0.25) is 0 Å². The molecule has 1 amide bonds. The van der Waals surface area contributed by atoms with Crippen molar-refractivity contribution >= 4 is 5.91 Å². The number of nitrogens with zero attached hydrogens (tertiary/aromatic N) is 1. The first-order chi connectivity index (χ1) is 14.0. The van der Waals surface area contributed by atoms with Crippen LogP contribution in [-0.4, -0.2) is 27.2 Å². The Morgan fingerprint density at radius 1 is 1.10 bits per heavy atom. The van der Waals surface area contributed by atoms with Gasteiger partial charge in [-0.3, -0.25) is 4.79 Å². The summed E-state index contributed by atoms with van der Waals surface area (Å²) >= 11 is 0. The number of carbonyl (C=O) groups is 1. The van der Waals surface area contributed by atoms with Crippen molar-refractivity contribution in [1.29, 1.82) is 5.26 Å². The van der Waals surface area contributed by atoms with Gasteiger partial charge in [0.25, 0.3) is 5.91 Å². The fourth-order valence-electron chi connectivity index (χ4n) is 2.68. The third-order valence-corrected chi connectivity index (χ3v) is 4.31. The van der Waals surface area contributed by atoms with Gasteiger partial charge in [-0.2, -0.15) is 5.26 Å². The van der Waals surface area contributed by atoms with Gasteiger partial charge in [0.1, 0.15) is 17.4 Å². The molecule has 0 radical (unpaired) electrons. The maximum absolute atomic E-state index is 12.5. The SMILES string of the molecule is COc1cccc(CN/C=C(/C#N)C(=O)NC(C)c2ccc(OC)c(OC)c2)c1. The van der Waals surface area contributed by atoms with E-state index in [2.05, 4.69) is 10.6 Å². The molecule has 2 rings (SSSR count). The fourth-order valence-corrected chi connectivity index (χ4v) is 2.68. The highest BCUT2D eigenvalue weighted by molar-refractivity contribution is 5.97. The lowest BCUT2D eigenvalue weighted by atomic mass is 10.1. The fraction of sp³-hybridized carbons (Fsp3) is 0.273. The van der Waals surface area contributed by atoms with Crippen LogP contribution in [0.4, 0.5) is 0 Å². The van der Waals surface area contributed by atoms with Crippen LogP contribution in [0.5, 0.6) is 17.2 Å². The quantitative estimate of drug-likeness (QED) is 0.501. The van der Waals surface area contributed by atoms with Gasteiger partial charge < -0.3 is 24.8 Å². The number of ether oxygens (including phenoxy) is 3. The molecule has 0 fully saturated rings. The molecule has 0 aliphatic heterocycles. The molecule has 0 spiro atoms. The summed E-state index contributed by atoms with van der Waals surface area (Å²) in [6.07, 6.45) is 1.41. The Bertz CT molecular complexity index is 919. The van der Waals surface area contributed by atoms with Crippen molar-refractivity contribution < 1.29 is 19.0 Å². The molecule has 0 saturated heterocycles. The smallest absolute Gasteiger partial charge is 0.263 e. The van der Waals surface area contributed by atoms with Crippen molar-refractivity contribution in [3.05, 3.63) is 65.4 Å². The number of benzene rings is 2. The number of rotatable bonds is 9. The molecule has 0 aromatic heterocycles. The molecule has 2 aromatic rings. The molecule has 0 saturated carbocycles. The normalized spacial score (nSPS) is 11.8. The predicted molar refractivity (Wildman–Crippen MR) is 110 cm³/mol. The summed E-state index contributed by atoms with van der Waals surface area (Å²) in [6.45, 7) is 2.29. The van der Waals surface area contributed by atoms with E-state index >= 15 is 0 Å². The van der Waals surface area contributed by atoms with Gasteiger partial charge in [-0.25, -0.2) is 0 Å². The summed E-state index contributed by atoms with van der Waals surface area (Å²) in [4.78, 5) is 12.5. The highest BCUT2D eigenvalue weighted by atomic mass is 16.5. The summed E-state index contributed by atoms with van der Waals surface area (Å²) in [7, 11) is 4.71. The lowest BCUT2D eigenvalue weighted by molar-refractivity contribution is -0.117. The average molecular weight is 395 g/mol. The Balaban J connectivity index is 2.01. The van der Waals surface area contributed by atoms with Crippen LogP contribution >= 0.6 is 0 Å². The molecular formula is C22H25N3O4. The van der Waals surface area contributed by atoms with E-state index in [0.717, 1.165) is 16.9 Å². The average Bonchev–Trinajstić information content (AvgIpc) is 2.76. The molecule has 2 N–H and O–H groups in total. The van der Waals surface area contributed by atoms with Gasteiger partial charge in [-0.1, -0.05) is 18.2 Å². The van der Waals surface area contributed by atoms with E-state index in [4.69, 9.17) is 14.2 Å². The zero-order valence-electron chi connectivity index (χ0n) is 17.0. The molecule has 0 aliphatic rings. The summed E-state index contributed by atoms with van der Waals surface area (Å²) in [5.74, 6) is 1.46. The van der Waals surface area contributed by atoms with Crippen LogP contribution < -0.4 is 24.8 Å². The molecule has 29 heavy (non-hydrogen) atoms. The third-order valence-electron chi connectivity index (χ3n) is 4.31. The first kappa shape index (κ1) is 21.6. The number of nitrogens with one attached hydrogen (secondary N) is 2. The van der Waals surface area contributed by atoms with Gasteiger partial charge in [-0.15, -0.1) is 0 Å². The van der Waals surface area contributed by atoms with Crippen molar-refractivity contribution in [3.63, 3.8) is 0 Å². The number of nitriles is 1. The Labute approximate surface area is 170 Å². The molecule has 1 unspecified atom stereocenters. The largest absolute Gasteiger partial charge is 0.497 e. The van der Waals surface area contributed by atoms with Crippen molar-refractivity contribution in [3.8, 4) is 23.3 Å². The predicted octanol–water partition coefficient (Wildman–Crippen LogP) is 3.09. The van der Waals surface area contributed by atoms with Crippen LogP contribution in [-0.2, 0) is 11.3 Å². The molecule has 1 atom stereocenters. The second-order valence-corrected chi connectivity index (χ2v) is 6.21. The number of hydrogen-bond donors (Lipinski definition) is 2. The van der Waals surface area contributed by atoms with Crippen LogP contribution in [0.15, 0.2) is 54.2 Å². The molecule has 152 valence electrons. The van der Waals surface area contributed by atoms with Crippen LogP contribution in [0.2, 0.25) is 0 Å². The summed E-state index contributed by atoms with van der Waals surface area (Å²) in [5.41, 5.74) is 1.79. The topological polar surface area (TPSA) is 92.6 Å².